The molecule has 2 aliphatic heterocycles. The average molecular weight is 958 g/mol. The molecule has 3 aliphatic rings. The highest BCUT2D eigenvalue weighted by Crippen LogP contribution is 2.42. The Bertz CT molecular complexity index is 3180. The minimum absolute atomic E-state index is 0. The Balaban J connectivity index is 0.000000154. The smallest absolute Gasteiger partial charge is 0.369 e. The lowest BCUT2D eigenvalue weighted by Gasteiger charge is -2.25. The summed E-state index contributed by atoms with van der Waals surface area (Å²) in [5.41, 5.74) is 4.48. The number of carboxylic acid groups (broad SMARTS) is 1. The molecule has 4 aromatic heterocycles. The number of fused-ring (bicyclic) bond motifs is 4. The lowest BCUT2D eigenvalue weighted by atomic mass is 10.0. The Hall–Kier alpha value is -7.61. The number of ketones is 1. The third kappa shape index (κ3) is 9.61. The minimum Gasteiger partial charge on any atom is -0.497 e. The van der Waals surface area contributed by atoms with Crippen LogP contribution in [0.25, 0.3) is 44.6 Å². The number of ether oxygens (including phenoxy) is 6. The van der Waals surface area contributed by atoms with Crippen molar-refractivity contribution in [3.05, 3.63) is 155 Å². The Morgan fingerprint density at radius 3 is 1.83 bits per heavy atom. The van der Waals surface area contributed by atoms with Crippen molar-refractivity contribution in [1.82, 2.24) is 29.9 Å². The molecule has 352 valence electrons. The largest absolute Gasteiger partial charge is 0.497 e. The van der Waals surface area contributed by atoms with E-state index in [-0.39, 0.29) is 49.9 Å². The molecule has 6 heterocycles. The van der Waals surface area contributed by atoms with Gasteiger partial charge in [-0.2, -0.15) is 0 Å². The number of hydrogen-bond acceptors (Lipinski definition) is 15. The molecule has 8 aromatic rings. The van der Waals surface area contributed by atoms with Gasteiger partial charge in [0.05, 0.1) is 51.7 Å². The number of rotatable bonds is 8. The van der Waals surface area contributed by atoms with Gasteiger partial charge in [0.25, 0.3) is 11.6 Å². The number of halogens is 3. The molecule has 0 atom stereocenters. The fraction of sp³-hybridized carbons (Fsp3) is 0.200. The first kappa shape index (κ1) is 47.9. The first-order valence-electron chi connectivity index (χ1n) is 20.9. The summed E-state index contributed by atoms with van der Waals surface area (Å²) in [6.07, 6.45) is 6.96. The van der Waals surface area contributed by atoms with Gasteiger partial charge in [-0.25, -0.2) is 33.5 Å². The van der Waals surface area contributed by atoms with E-state index < -0.39 is 23.4 Å². The molecule has 1 aliphatic carbocycles. The number of carbonyl (C=O) groups is 2. The Kier molecular flexibility index (Phi) is 14.1. The molecule has 0 amide bonds. The van der Waals surface area contributed by atoms with Crippen molar-refractivity contribution in [2.24, 2.45) is 0 Å². The maximum atomic E-state index is 14.2. The van der Waals surface area contributed by atoms with Gasteiger partial charge in [0.15, 0.2) is 11.6 Å². The molecule has 11 rings (SSSR count). The molecule has 1 spiro atoms. The van der Waals surface area contributed by atoms with Crippen molar-refractivity contribution in [3.63, 3.8) is 0 Å². The van der Waals surface area contributed by atoms with E-state index in [2.05, 4.69) is 35.2 Å². The molecule has 0 radical (unpaired) electrons. The number of nitrogens with one attached hydrogen (secondary N) is 1. The fourth-order valence-corrected chi connectivity index (χ4v) is 8.02. The maximum absolute atomic E-state index is 14.2. The summed E-state index contributed by atoms with van der Waals surface area (Å²) in [5, 5.41) is 14.8. The second-order valence-electron chi connectivity index (χ2n) is 15.1. The van der Waals surface area contributed by atoms with E-state index >= 15 is 0 Å². The van der Waals surface area contributed by atoms with Crippen molar-refractivity contribution < 1.29 is 51.9 Å². The van der Waals surface area contributed by atoms with E-state index in [0.717, 1.165) is 33.8 Å². The first-order valence-corrected chi connectivity index (χ1v) is 21.2. The summed E-state index contributed by atoms with van der Waals surface area (Å²) >= 11 is 6.21. The monoisotopic (exact) mass is 957 g/mol. The Morgan fingerprint density at radius 1 is 0.696 bits per heavy atom. The molecule has 0 unspecified atom stereocenters. The number of anilines is 2. The number of nitrogens with zero attached hydrogens (tertiary/aromatic N) is 6. The van der Waals surface area contributed by atoms with E-state index in [9.17, 15) is 23.5 Å². The van der Waals surface area contributed by atoms with E-state index in [1.54, 1.807) is 69.3 Å². The zero-order valence-electron chi connectivity index (χ0n) is 36.1. The van der Waals surface area contributed by atoms with Gasteiger partial charge in [-0.15, -0.1) is 0 Å². The van der Waals surface area contributed by atoms with Gasteiger partial charge in [0.2, 0.25) is 5.78 Å². The summed E-state index contributed by atoms with van der Waals surface area (Å²) in [7, 11) is 3.16. The molecule has 4 aromatic carbocycles. The first-order chi connectivity index (χ1) is 33.0. The van der Waals surface area contributed by atoms with Crippen molar-refractivity contribution >= 4 is 56.7 Å². The van der Waals surface area contributed by atoms with Gasteiger partial charge in [-0.3, -0.25) is 14.8 Å². The van der Waals surface area contributed by atoms with E-state index in [4.69, 9.17) is 40.0 Å². The van der Waals surface area contributed by atoms with Crippen molar-refractivity contribution in [3.8, 4) is 34.3 Å². The summed E-state index contributed by atoms with van der Waals surface area (Å²) < 4.78 is 59.5. The van der Waals surface area contributed by atoms with Crippen LogP contribution in [0.2, 0.25) is 5.15 Å². The van der Waals surface area contributed by atoms with Crippen LogP contribution in [0.1, 0.15) is 24.1 Å². The highest BCUT2D eigenvalue weighted by molar-refractivity contribution is 6.34. The number of methoxy groups -OCH3 is 2. The van der Waals surface area contributed by atoms with Gasteiger partial charge in [0, 0.05) is 69.9 Å². The zero-order valence-corrected chi connectivity index (χ0v) is 36.9. The van der Waals surface area contributed by atoms with E-state index in [0.29, 0.717) is 63.6 Å². The topological polar surface area (TPSA) is 199 Å². The van der Waals surface area contributed by atoms with Crippen LogP contribution in [0.3, 0.4) is 0 Å². The number of pyridine rings is 2. The number of benzene rings is 4. The van der Waals surface area contributed by atoms with Crippen molar-refractivity contribution in [2.45, 2.75) is 25.4 Å². The Morgan fingerprint density at radius 2 is 1.25 bits per heavy atom. The van der Waals surface area contributed by atoms with E-state index in [1.165, 1.54) is 24.3 Å². The predicted molar refractivity (Wildman–Crippen MR) is 250 cm³/mol. The molecule has 19 heteroatoms. The third-order valence-corrected chi connectivity index (χ3v) is 11.3. The molecule has 16 nitrogen and oxygen atoms in total. The zero-order chi connectivity index (χ0) is 47.4. The highest BCUT2D eigenvalue weighted by Gasteiger charge is 2.52. The van der Waals surface area contributed by atoms with Crippen LogP contribution in [-0.2, 0) is 46.5 Å². The maximum Gasteiger partial charge on any atom is 0.369 e. The van der Waals surface area contributed by atoms with Crippen LogP contribution in [-0.4, -0.2) is 87.4 Å². The van der Waals surface area contributed by atoms with Gasteiger partial charge in [-0.1, -0.05) is 25.1 Å². The van der Waals surface area contributed by atoms with E-state index in [1.807, 2.05) is 36.4 Å². The molecule has 69 heavy (non-hydrogen) atoms. The summed E-state index contributed by atoms with van der Waals surface area (Å²) in [4.78, 5) is 50.2. The standard InChI is InChI=1S/C24H19FN4O5.C14H10ClN3O.C11H9FO3.CH4/c1-32-16-5-7-19-17(12-16)22(29-21(27-19)14-3-2-8-26-13-14)28-20-6-4-15(25)11-18(20)24(23(30)31)33-9-10-34-24;1-19-10-4-5-12-11(7-10)13(15)18-14(17-12)9-3-2-6-16-8-9;12-8-2-1-7-5-10(13)11(9(7)6-8)14-3-4-15-11;/h2-8,11-13H,9-10H2,1H3,(H,30,31)(H,27,28,29);2-8H,1H3;1-2,6H,3-5H2;1H4. The molecular formula is C50H42ClF2N7O9. The minimum atomic E-state index is -2.14. The lowest BCUT2D eigenvalue weighted by Crippen LogP contribution is -2.37. The number of Topliss-reactive ketones (excluding diaryl/α,β-unsaturated/α-hetero) is 1. The van der Waals surface area contributed by atoms with Gasteiger partial charge in [0.1, 0.15) is 34.1 Å². The fourth-order valence-electron chi connectivity index (χ4n) is 7.78. The summed E-state index contributed by atoms with van der Waals surface area (Å²) in [6.45, 7) is 0.867. The SMILES string of the molecule is C.COc1ccc2nc(-c3cccnc3)nc(Cl)c2c1.COc1ccc2nc(-c3cccnc3)nc(Nc3ccc(F)cc3C3(C(=O)O)OCCO3)c2c1.O=C1Cc2ccc(F)cc2C12OCCO2. The number of carboxylic acids is 1. The van der Waals surface area contributed by atoms with Crippen LogP contribution in [0, 0.1) is 11.6 Å². The van der Waals surface area contributed by atoms with Crippen LogP contribution >= 0.6 is 11.6 Å². The van der Waals surface area contributed by atoms with Crippen LogP contribution < -0.4 is 14.8 Å². The highest BCUT2D eigenvalue weighted by atomic mass is 35.5. The Labute approximate surface area is 398 Å². The van der Waals surface area contributed by atoms with Crippen molar-refractivity contribution in [2.75, 3.05) is 46.0 Å². The van der Waals surface area contributed by atoms with Crippen LogP contribution in [0.4, 0.5) is 20.3 Å². The molecule has 0 bridgehead atoms. The molecule has 2 fully saturated rings. The quantitative estimate of drug-likeness (QED) is 0.137. The number of aliphatic carboxylic acids is 1. The van der Waals surface area contributed by atoms with Gasteiger partial charge < -0.3 is 38.8 Å². The lowest BCUT2D eigenvalue weighted by molar-refractivity contribution is -0.205. The third-order valence-electron chi connectivity index (χ3n) is 11.0. The number of carbonyl (C=O) groups excluding carboxylic acids is 1. The predicted octanol–water partition coefficient (Wildman–Crippen LogP) is 9.01. The summed E-state index contributed by atoms with van der Waals surface area (Å²) in [6, 6.07) is 26.2. The molecular weight excluding hydrogens is 916 g/mol. The second kappa shape index (κ2) is 20.3. The number of aromatic nitrogens is 6. The van der Waals surface area contributed by atoms with Gasteiger partial charge >= 0.3 is 5.97 Å². The second-order valence-corrected chi connectivity index (χ2v) is 15.5. The number of hydrogen-bond donors (Lipinski definition) is 2. The molecule has 0 saturated carbocycles. The van der Waals surface area contributed by atoms with Crippen molar-refractivity contribution in [1.29, 1.82) is 0 Å². The van der Waals surface area contributed by atoms with Crippen LogP contribution in [0.5, 0.6) is 11.5 Å². The summed E-state index contributed by atoms with van der Waals surface area (Å²) in [5.74, 6) is -3.35. The average Bonchev–Trinajstić information content (AvgIpc) is 4.14. The molecule has 2 N–H and O–H groups in total. The van der Waals surface area contributed by atoms with Gasteiger partial charge in [-0.05, 0) is 96.6 Å². The normalized spacial score (nSPS) is 15.1. The molecule has 2 saturated heterocycles. The van der Waals surface area contributed by atoms with Crippen LogP contribution in [0.15, 0.2) is 122 Å².